The van der Waals surface area contributed by atoms with Gasteiger partial charge in [-0.05, 0) is 47.5 Å². The van der Waals surface area contributed by atoms with E-state index in [9.17, 15) is 0 Å². The van der Waals surface area contributed by atoms with Crippen molar-refractivity contribution < 1.29 is 0 Å². The van der Waals surface area contributed by atoms with Crippen molar-refractivity contribution in [2.45, 2.75) is 0 Å². The molecule has 0 atom stereocenters. The number of aromatic nitrogens is 4. The maximum Gasteiger partial charge on any atom is 0.124 e. The lowest BCUT2D eigenvalue weighted by atomic mass is 10.0. The summed E-state index contributed by atoms with van der Waals surface area (Å²) in [6.45, 7) is 0. The highest BCUT2D eigenvalue weighted by Gasteiger charge is 2.22. The normalized spacial score (nSPS) is 11.9. The molecule has 4 nitrogen and oxygen atoms in total. The molecule has 0 spiro atoms. The molecule has 4 aromatic heterocycles. The van der Waals surface area contributed by atoms with E-state index in [-0.39, 0.29) is 0 Å². The van der Waals surface area contributed by atoms with Gasteiger partial charge in [-0.1, -0.05) is 146 Å². The Balaban J connectivity index is 1.08. The minimum Gasteiger partial charge on any atom is -0.247 e. The summed E-state index contributed by atoms with van der Waals surface area (Å²) in [6, 6.07) is 65.7. The first kappa shape index (κ1) is 31.5. The Morgan fingerprint density at radius 2 is 0.696 bits per heavy atom. The number of fused-ring (bicyclic) bond motifs is 8. The van der Waals surface area contributed by atoms with E-state index in [1.165, 1.54) is 53.1 Å². The van der Waals surface area contributed by atoms with E-state index in [1.807, 2.05) is 0 Å². The van der Waals surface area contributed by atoms with Crippen LogP contribution in [0.4, 0.5) is 0 Å². The van der Waals surface area contributed by atoms with Gasteiger partial charge in [0.15, 0.2) is 0 Å². The van der Waals surface area contributed by atoms with E-state index in [4.69, 9.17) is 9.97 Å². The molecule has 56 heavy (non-hydrogen) atoms. The average molecular weight is 751 g/mol. The molecular formula is C50H30N4S2. The fraction of sp³-hybridized carbons (Fsp3) is 0. The van der Waals surface area contributed by atoms with E-state index in [0.717, 1.165) is 54.3 Å². The summed E-state index contributed by atoms with van der Waals surface area (Å²) in [5.74, 6) is 0. The van der Waals surface area contributed by atoms with Gasteiger partial charge in [0.2, 0.25) is 0 Å². The van der Waals surface area contributed by atoms with Crippen molar-refractivity contribution in [3.63, 3.8) is 0 Å². The monoisotopic (exact) mass is 750 g/mol. The molecule has 0 aliphatic carbocycles. The Kier molecular flexibility index (Phi) is 6.93. The van der Waals surface area contributed by atoms with E-state index in [2.05, 4.69) is 191 Å². The van der Waals surface area contributed by atoms with Crippen molar-refractivity contribution in [2.24, 2.45) is 0 Å². The van der Waals surface area contributed by atoms with Crippen LogP contribution >= 0.6 is 22.7 Å². The van der Waals surface area contributed by atoms with E-state index in [0.29, 0.717) is 0 Å². The standard InChI is InChI=1S/C50H30N4S2/c1-5-19-43-37(11-1)39-15-9-13-35(31-23-27-33(28-24-31)49-51-41-17-3-7-21-45(41)55-49)47(39)53(43)54-44-20-6-2-12-38(44)40-16-10-14-36(48(40)54)32-25-29-34(30-26-32)50-52-42-18-4-8-22-46(42)56-50/h1-30H. The summed E-state index contributed by atoms with van der Waals surface area (Å²) >= 11 is 3.48. The van der Waals surface area contributed by atoms with Gasteiger partial charge in [-0.15, -0.1) is 22.7 Å². The van der Waals surface area contributed by atoms with E-state index < -0.39 is 0 Å². The molecule has 0 bridgehead atoms. The van der Waals surface area contributed by atoms with E-state index >= 15 is 0 Å². The maximum absolute atomic E-state index is 4.94. The molecule has 6 heteroatoms. The highest BCUT2D eigenvalue weighted by molar-refractivity contribution is 7.22. The van der Waals surface area contributed by atoms with Crippen molar-refractivity contribution in [3.05, 3.63) is 182 Å². The highest BCUT2D eigenvalue weighted by Crippen LogP contribution is 2.42. The summed E-state index contributed by atoms with van der Waals surface area (Å²) < 4.78 is 7.34. The number of rotatable bonds is 5. The summed E-state index contributed by atoms with van der Waals surface area (Å²) in [5.41, 5.74) is 13.7. The first-order valence-corrected chi connectivity index (χ1v) is 20.4. The third-order valence-corrected chi connectivity index (χ3v) is 13.2. The zero-order valence-corrected chi connectivity index (χ0v) is 31.6. The minimum atomic E-state index is 1.04. The molecule has 0 N–H and O–H groups in total. The molecule has 0 saturated heterocycles. The van der Waals surface area contributed by atoms with Gasteiger partial charge in [0.05, 0.1) is 42.5 Å². The average Bonchev–Trinajstić information content (AvgIpc) is 4.05. The van der Waals surface area contributed by atoms with Crippen LogP contribution in [0.1, 0.15) is 0 Å². The second kappa shape index (κ2) is 12.3. The molecule has 262 valence electrons. The van der Waals surface area contributed by atoms with Gasteiger partial charge in [-0.2, -0.15) is 0 Å². The van der Waals surface area contributed by atoms with Gasteiger partial charge >= 0.3 is 0 Å². The lowest BCUT2D eigenvalue weighted by molar-refractivity contribution is 0.776. The largest absolute Gasteiger partial charge is 0.247 e. The molecule has 0 amide bonds. The zero-order chi connectivity index (χ0) is 36.7. The minimum absolute atomic E-state index is 1.04. The van der Waals surface area contributed by atoms with Gasteiger partial charge in [0, 0.05) is 43.8 Å². The van der Waals surface area contributed by atoms with Crippen LogP contribution in [0.15, 0.2) is 182 Å². The van der Waals surface area contributed by atoms with Gasteiger partial charge < -0.3 is 0 Å². The second-order valence-corrected chi connectivity index (χ2v) is 16.3. The van der Waals surface area contributed by atoms with Crippen LogP contribution < -0.4 is 0 Å². The number of para-hydroxylation sites is 6. The first-order chi connectivity index (χ1) is 27.8. The molecule has 8 aromatic carbocycles. The van der Waals surface area contributed by atoms with Gasteiger partial charge in [0.1, 0.15) is 10.0 Å². The Labute approximate surface area is 329 Å². The number of nitrogens with zero attached hydrogens (tertiary/aromatic N) is 4. The fourth-order valence-corrected chi connectivity index (χ4v) is 10.4. The Hall–Kier alpha value is -6.86. The Bertz CT molecular complexity index is 3170. The van der Waals surface area contributed by atoms with Gasteiger partial charge in [-0.3, -0.25) is 0 Å². The van der Waals surface area contributed by atoms with Crippen molar-refractivity contribution >= 4 is 86.7 Å². The number of benzene rings is 8. The lowest BCUT2D eigenvalue weighted by Gasteiger charge is -2.17. The van der Waals surface area contributed by atoms with Crippen LogP contribution in [0.3, 0.4) is 0 Å². The molecule has 12 rings (SSSR count). The molecule has 0 saturated carbocycles. The number of thiazole rings is 2. The molecule has 0 aliphatic rings. The number of hydrogen-bond donors (Lipinski definition) is 0. The summed E-state index contributed by atoms with van der Waals surface area (Å²) in [6.07, 6.45) is 0. The molecule has 4 heterocycles. The third kappa shape index (κ3) is 4.76. The molecule has 0 radical (unpaired) electrons. The topological polar surface area (TPSA) is 35.6 Å². The van der Waals surface area contributed by atoms with Crippen molar-refractivity contribution in [2.75, 3.05) is 0 Å². The highest BCUT2D eigenvalue weighted by atomic mass is 32.1. The van der Waals surface area contributed by atoms with Crippen LogP contribution in [-0.4, -0.2) is 19.3 Å². The predicted octanol–water partition coefficient (Wildman–Crippen LogP) is 14.1. The fourth-order valence-electron chi connectivity index (χ4n) is 8.45. The van der Waals surface area contributed by atoms with Gasteiger partial charge in [-0.25, -0.2) is 19.3 Å². The van der Waals surface area contributed by atoms with Gasteiger partial charge in [0.25, 0.3) is 0 Å². The van der Waals surface area contributed by atoms with Crippen LogP contribution in [0.5, 0.6) is 0 Å². The summed E-state index contributed by atoms with van der Waals surface area (Å²) in [7, 11) is 0. The SMILES string of the molecule is c1ccc2sc(-c3ccc(-c4cccc5c6ccccc6n(-n6c7ccccc7c7cccc(-c8ccc(-c9nc%10ccccc%10s9)cc8)c76)c45)cc3)nc2c1. The van der Waals surface area contributed by atoms with Crippen LogP contribution in [0.25, 0.3) is 107 Å². The quantitative estimate of drug-likeness (QED) is 0.176. The third-order valence-electron chi connectivity index (χ3n) is 11.0. The summed E-state index contributed by atoms with van der Waals surface area (Å²) in [4.78, 5) is 9.88. The molecule has 12 aromatic rings. The van der Waals surface area contributed by atoms with Crippen molar-refractivity contribution in [1.82, 2.24) is 19.3 Å². The van der Waals surface area contributed by atoms with E-state index in [1.54, 1.807) is 22.7 Å². The van der Waals surface area contributed by atoms with Crippen LogP contribution in [0.2, 0.25) is 0 Å². The van der Waals surface area contributed by atoms with Crippen molar-refractivity contribution in [1.29, 1.82) is 0 Å². The molecule has 0 fully saturated rings. The molecule has 0 aliphatic heterocycles. The second-order valence-electron chi connectivity index (χ2n) is 14.2. The first-order valence-electron chi connectivity index (χ1n) is 18.7. The van der Waals surface area contributed by atoms with Crippen molar-refractivity contribution in [3.8, 4) is 43.4 Å². The smallest absolute Gasteiger partial charge is 0.124 e. The predicted molar refractivity (Wildman–Crippen MR) is 238 cm³/mol. The van der Waals surface area contributed by atoms with Crippen LogP contribution in [0, 0.1) is 0 Å². The number of hydrogen-bond acceptors (Lipinski definition) is 4. The Morgan fingerprint density at radius 3 is 1.14 bits per heavy atom. The Morgan fingerprint density at radius 1 is 0.321 bits per heavy atom. The lowest BCUT2D eigenvalue weighted by Crippen LogP contribution is -2.09. The summed E-state index contributed by atoms with van der Waals surface area (Å²) in [5, 5.41) is 6.96. The zero-order valence-electron chi connectivity index (χ0n) is 29.9. The molecule has 0 unspecified atom stereocenters. The molecular weight excluding hydrogens is 721 g/mol. The van der Waals surface area contributed by atoms with Crippen LogP contribution in [-0.2, 0) is 0 Å². The maximum atomic E-state index is 4.94.